The second kappa shape index (κ2) is 18.6. The minimum absolute atomic E-state index is 0. The van der Waals surface area contributed by atoms with Crippen LogP contribution in [-0.2, 0) is 14.3 Å². The van der Waals surface area contributed by atoms with E-state index in [2.05, 4.69) is 77.1 Å². The Morgan fingerprint density at radius 2 is 1.31 bits per heavy atom. The normalized spacial score (nSPS) is 21.1. The third-order valence-electron chi connectivity index (χ3n) is 13.7. The molecule has 330 valence electrons. The fourth-order valence-electron chi connectivity index (χ4n) is 9.14. The van der Waals surface area contributed by atoms with E-state index in [9.17, 15) is 14.4 Å². The second-order valence-corrected chi connectivity index (χ2v) is 18.6. The third-order valence-corrected chi connectivity index (χ3v) is 13.7. The summed E-state index contributed by atoms with van der Waals surface area (Å²) >= 11 is 0. The number of hydrogen-bond acceptors (Lipinski definition) is 6. The maximum absolute atomic E-state index is 13.9. The number of methoxy groups -OCH3 is 1. The lowest BCUT2D eigenvalue weighted by molar-refractivity contribution is -0.137. The molecule has 4 heterocycles. The van der Waals surface area contributed by atoms with Gasteiger partial charge in [-0.15, -0.1) is 0 Å². The SMILES string of the molecule is COC(=O)N[C@H](C(=O)N1CC2(CC2)C[C@H]1c1nc2ccc(C#Cc3ccc(-c4nc([C@@H]5CC6(CC6)CN5C(=O)[C@@H](C)C(C)C)[nH]c4C4CC4)cc3)cc2[nH]1)C(C)C.S.S.S.S. The largest absolute Gasteiger partial charge is 0.453 e. The topological polar surface area (TPSA) is 136 Å². The van der Waals surface area contributed by atoms with Crippen LogP contribution in [-0.4, -0.2) is 73.9 Å². The number of rotatable bonds is 9. The van der Waals surface area contributed by atoms with E-state index in [0.29, 0.717) is 18.4 Å². The van der Waals surface area contributed by atoms with Gasteiger partial charge in [0, 0.05) is 47.3 Å². The summed E-state index contributed by atoms with van der Waals surface area (Å²) in [5, 5.41) is 2.76. The molecule has 0 bridgehead atoms. The van der Waals surface area contributed by atoms with Gasteiger partial charge in [-0.05, 0) is 104 Å². The molecule has 4 aromatic rings. The molecule has 61 heavy (non-hydrogen) atoms. The van der Waals surface area contributed by atoms with Gasteiger partial charge in [-0.25, -0.2) is 14.8 Å². The molecule has 0 unspecified atom stereocenters. The molecule has 3 saturated carbocycles. The van der Waals surface area contributed by atoms with Gasteiger partial charge >= 0.3 is 6.09 Å². The molecule has 2 aliphatic heterocycles. The molecule has 9 rings (SSSR count). The number of benzene rings is 2. The number of ether oxygens (including phenoxy) is 1. The molecular formula is C46H63N7O4S4. The molecule has 3 N–H and O–H groups in total. The maximum Gasteiger partial charge on any atom is 0.407 e. The molecule has 2 spiro atoms. The number of carbonyl (C=O) groups is 3. The van der Waals surface area contributed by atoms with Gasteiger partial charge in [-0.2, -0.15) is 54.0 Å². The monoisotopic (exact) mass is 905 g/mol. The highest BCUT2D eigenvalue weighted by Crippen LogP contribution is 2.60. The van der Waals surface area contributed by atoms with E-state index in [1.54, 1.807) is 0 Å². The Hall–Kier alpha value is -3.71. The highest BCUT2D eigenvalue weighted by Gasteiger charge is 2.56. The smallest absolute Gasteiger partial charge is 0.407 e. The van der Waals surface area contributed by atoms with Crippen molar-refractivity contribution in [3.8, 4) is 23.1 Å². The summed E-state index contributed by atoms with van der Waals surface area (Å²) in [6.45, 7) is 11.7. The van der Waals surface area contributed by atoms with Crippen molar-refractivity contribution in [2.45, 2.75) is 110 Å². The third kappa shape index (κ3) is 9.63. The van der Waals surface area contributed by atoms with Gasteiger partial charge in [0.2, 0.25) is 11.8 Å². The van der Waals surface area contributed by atoms with Crippen LogP contribution < -0.4 is 5.32 Å². The second-order valence-electron chi connectivity index (χ2n) is 18.6. The van der Waals surface area contributed by atoms with Crippen molar-refractivity contribution in [3.05, 3.63) is 70.9 Å². The first-order valence-corrected chi connectivity index (χ1v) is 21.0. The Labute approximate surface area is 387 Å². The number of alkyl carbamates (subject to hydrolysis) is 1. The van der Waals surface area contributed by atoms with Crippen LogP contribution in [0.15, 0.2) is 42.5 Å². The molecular weight excluding hydrogens is 843 g/mol. The van der Waals surface area contributed by atoms with Gasteiger partial charge < -0.3 is 29.8 Å². The summed E-state index contributed by atoms with van der Waals surface area (Å²) in [4.78, 5) is 61.2. The van der Waals surface area contributed by atoms with E-state index in [-0.39, 0.29) is 101 Å². The molecule has 5 fully saturated rings. The standard InChI is InChI=1S/C46H55N7O4.4H2S/c1-26(2)28(5)42(54)52-24-45(17-18-45)23-36(52)41-49-38(39(50-41)32-14-15-32)31-12-9-29(10-13-31)7-8-30-11-16-33-34(21-30)48-40(47-33)35-22-46(19-20-46)25-53(35)43(55)37(27(3)4)51-44(56)57-6;;;;/h9-13,16,21,26-28,32,35-37H,14-15,17-20,22-25H2,1-6H3,(H,47,48)(H,49,50)(H,51,56);4*1H2/t28-,35-,36-,37-;;;;/m0..../s1. The first kappa shape index (κ1) is 48.3. The predicted octanol–water partition coefficient (Wildman–Crippen LogP) is 8.46. The summed E-state index contributed by atoms with van der Waals surface area (Å²) < 4.78 is 4.82. The van der Waals surface area contributed by atoms with Crippen LogP contribution in [0.5, 0.6) is 0 Å². The van der Waals surface area contributed by atoms with Gasteiger partial charge in [0.15, 0.2) is 0 Å². The van der Waals surface area contributed by atoms with Crippen molar-refractivity contribution < 1.29 is 19.1 Å². The summed E-state index contributed by atoms with van der Waals surface area (Å²) in [5.41, 5.74) is 7.15. The van der Waals surface area contributed by atoms with Gasteiger partial charge in [0.05, 0.1) is 35.9 Å². The van der Waals surface area contributed by atoms with E-state index >= 15 is 0 Å². The maximum atomic E-state index is 13.9. The lowest BCUT2D eigenvalue weighted by atomic mass is 9.96. The number of nitrogens with zero attached hydrogens (tertiary/aromatic N) is 4. The summed E-state index contributed by atoms with van der Waals surface area (Å²) in [6.07, 6.45) is 8.14. The van der Waals surface area contributed by atoms with Gasteiger partial charge in [0.1, 0.15) is 17.7 Å². The van der Waals surface area contributed by atoms with E-state index in [0.717, 1.165) is 90.1 Å². The van der Waals surface area contributed by atoms with Crippen LogP contribution in [0.4, 0.5) is 4.79 Å². The Morgan fingerprint density at radius 1 is 0.754 bits per heavy atom. The number of imidazole rings is 2. The van der Waals surface area contributed by atoms with Crippen molar-refractivity contribution in [2.75, 3.05) is 20.2 Å². The molecule has 2 aromatic carbocycles. The lowest BCUT2D eigenvalue weighted by Crippen LogP contribution is -2.51. The van der Waals surface area contributed by atoms with Gasteiger partial charge in [-0.3, -0.25) is 9.59 Å². The number of carbonyl (C=O) groups excluding carboxylic acids is 3. The summed E-state index contributed by atoms with van der Waals surface area (Å²) in [7, 11) is 1.31. The molecule has 15 heteroatoms. The van der Waals surface area contributed by atoms with E-state index in [1.807, 2.05) is 36.9 Å². The zero-order valence-electron chi connectivity index (χ0n) is 36.1. The van der Waals surface area contributed by atoms with Crippen LogP contribution in [0.25, 0.3) is 22.3 Å². The number of fused-ring (bicyclic) bond motifs is 1. The molecule has 5 aliphatic rings. The summed E-state index contributed by atoms with van der Waals surface area (Å²) in [5.74, 6) is 9.23. The Bertz CT molecular complexity index is 2300. The first-order chi connectivity index (χ1) is 27.3. The average molecular weight is 906 g/mol. The highest BCUT2D eigenvalue weighted by atomic mass is 32.1. The fraction of sp³-hybridized carbons (Fsp3) is 0.543. The molecule has 0 radical (unpaired) electrons. The Morgan fingerprint density at radius 3 is 1.85 bits per heavy atom. The molecule has 3 amide bonds. The van der Waals surface area contributed by atoms with Gasteiger partial charge in [0.25, 0.3) is 0 Å². The van der Waals surface area contributed by atoms with Crippen molar-refractivity contribution >= 4 is 82.9 Å². The average Bonchev–Trinajstić information content (AvgIpc) is 4.15. The number of hydrogen-bond donors (Lipinski definition) is 3. The zero-order valence-corrected chi connectivity index (χ0v) is 40.1. The molecule has 2 aromatic heterocycles. The van der Waals surface area contributed by atoms with Crippen molar-refractivity contribution in [1.29, 1.82) is 0 Å². The summed E-state index contributed by atoms with van der Waals surface area (Å²) in [6, 6.07) is 13.5. The van der Waals surface area contributed by atoms with Gasteiger partial charge in [-0.1, -0.05) is 58.6 Å². The van der Waals surface area contributed by atoms with Crippen molar-refractivity contribution in [1.82, 2.24) is 35.1 Å². The lowest BCUT2D eigenvalue weighted by Gasteiger charge is -2.30. The number of aromatic amines is 2. The predicted molar refractivity (Wildman–Crippen MR) is 259 cm³/mol. The minimum Gasteiger partial charge on any atom is -0.453 e. The number of amides is 3. The number of H-pyrrole nitrogens is 2. The van der Waals surface area contributed by atoms with Crippen molar-refractivity contribution in [3.63, 3.8) is 0 Å². The van der Waals surface area contributed by atoms with E-state index in [1.165, 1.54) is 25.6 Å². The Balaban J connectivity index is 0.00000176. The van der Waals surface area contributed by atoms with Crippen LogP contribution >= 0.6 is 54.0 Å². The van der Waals surface area contributed by atoms with E-state index < -0.39 is 12.1 Å². The number of nitrogens with one attached hydrogen (secondary N) is 3. The zero-order chi connectivity index (χ0) is 39.8. The van der Waals surface area contributed by atoms with E-state index in [4.69, 9.17) is 14.7 Å². The van der Waals surface area contributed by atoms with Crippen LogP contribution in [0.3, 0.4) is 0 Å². The molecule has 11 nitrogen and oxygen atoms in total. The van der Waals surface area contributed by atoms with Crippen LogP contribution in [0, 0.1) is 40.4 Å². The minimum atomic E-state index is -0.681. The molecule has 3 aliphatic carbocycles. The molecule has 2 saturated heterocycles. The Kier molecular flexibility index (Phi) is 14.7. The molecule has 4 atom stereocenters. The first-order valence-electron chi connectivity index (χ1n) is 21.0. The fourth-order valence-corrected chi connectivity index (χ4v) is 9.14. The van der Waals surface area contributed by atoms with Crippen molar-refractivity contribution in [2.24, 2.45) is 28.6 Å². The van der Waals surface area contributed by atoms with Crippen LogP contribution in [0.1, 0.15) is 132 Å². The van der Waals surface area contributed by atoms with Crippen LogP contribution in [0.2, 0.25) is 0 Å². The number of aromatic nitrogens is 4. The highest BCUT2D eigenvalue weighted by molar-refractivity contribution is 7.59. The number of likely N-dealkylation sites (tertiary alicyclic amines) is 2. The quantitative estimate of drug-likeness (QED) is 0.144.